The Labute approximate surface area is 60.7 Å². The molecular weight excluding hydrogens is 124 g/mol. The Hall–Kier alpha value is -1.14. The van der Waals surface area contributed by atoms with E-state index in [9.17, 15) is 0 Å². The first-order valence-electron chi connectivity index (χ1n) is 3.32. The van der Waals surface area contributed by atoms with Gasteiger partial charge in [-0.1, -0.05) is 13.8 Å². The molecule has 0 amide bonds. The van der Waals surface area contributed by atoms with Gasteiger partial charge in [0.15, 0.2) is 0 Å². The van der Waals surface area contributed by atoms with Crippen LogP contribution in [0, 0.1) is 5.92 Å². The van der Waals surface area contributed by atoms with Crippen molar-refractivity contribution in [3.05, 3.63) is 18.0 Å². The highest BCUT2D eigenvalue weighted by molar-refractivity contribution is 5.84. The Balaban J connectivity index is 2.86. The first-order chi connectivity index (χ1) is 4.80. The van der Waals surface area contributed by atoms with Crippen molar-refractivity contribution in [2.24, 2.45) is 15.9 Å². The fourth-order valence-electron chi connectivity index (χ4n) is 0.615. The topological polar surface area (TPSA) is 24.7 Å². The van der Waals surface area contributed by atoms with Gasteiger partial charge >= 0.3 is 0 Å². The standard InChI is InChI=1S/C8H10N2/c1-7(2)8-6-9-4-3-5-10-8/h3-4,6-7H,1-2H3. The van der Waals surface area contributed by atoms with Crippen molar-refractivity contribution in [2.45, 2.75) is 13.8 Å². The van der Waals surface area contributed by atoms with Gasteiger partial charge < -0.3 is 0 Å². The smallest absolute Gasteiger partial charge is 0.0711 e. The third-order valence-electron chi connectivity index (χ3n) is 1.23. The maximum absolute atomic E-state index is 4.05. The van der Waals surface area contributed by atoms with Crippen LogP contribution in [-0.2, 0) is 0 Å². The molecule has 0 saturated heterocycles. The lowest BCUT2D eigenvalue weighted by Crippen LogP contribution is -1.88. The summed E-state index contributed by atoms with van der Waals surface area (Å²) in [5.74, 6) is 3.19. The second-order valence-corrected chi connectivity index (χ2v) is 2.41. The Morgan fingerprint density at radius 1 is 1.50 bits per heavy atom. The van der Waals surface area contributed by atoms with Crippen molar-refractivity contribution >= 4 is 12.1 Å². The minimum atomic E-state index is 0.427. The van der Waals surface area contributed by atoms with E-state index in [4.69, 9.17) is 0 Å². The summed E-state index contributed by atoms with van der Waals surface area (Å²) in [5, 5.41) is 0. The second-order valence-electron chi connectivity index (χ2n) is 2.41. The molecule has 0 N–H and O–H groups in total. The molecule has 0 saturated carbocycles. The van der Waals surface area contributed by atoms with Crippen LogP contribution in [-0.4, -0.2) is 12.1 Å². The molecule has 0 spiro atoms. The molecule has 0 aromatic heterocycles. The molecule has 0 aliphatic carbocycles. The first-order valence-corrected chi connectivity index (χ1v) is 3.32. The fraction of sp³-hybridized carbons (Fsp3) is 0.375. The molecule has 2 nitrogen and oxygen atoms in total. The molecule has 10 heavy (non-hydrogen) atoms. The summed E-state index contributed by atoms with van der Waals surface area (Å²) < 4.78 is 0. The van der Waals surface area contributed by atoms with Crippen LogP contribution in [0.5, 0.6) is 0 Å². The highest BCUT2D eigenvalue weighted by atomic mass is 14.8. The van der Waals surface area contributed by atoms with E-state index < -0.39 is 0 Å². The van der Waals surface area contributed by atoms with E-state index >= 15 is 0 Å². The Morgan fingerprint density at radius 2 is 2.30 bits per heavy atom. The summed E-state index contributed by atoms with van der Waals surface area (Å²) in [6.07, 6.45) is 5.14. The summed E-state index contributed by atoms with van der Waals surface area (Å²) in [7, 11) is 0. The van der Waals surface area contributed by atoms with Crippen LogP contribution in [0.4, 0.5) is 0 Å². The first kappa shape index (κ1) is 6.97. The lowest BCUT2D eigenvalue weighted by Gasteiger charge is -1.99. The monoisotopic (exact) mass is 134 g/mol. The van der Waals surface area contributed by atoms with Crippen molar-refractivity contribution in [3.63, 3.8) is 0 Å². The zero-order chi connectivity index (χ0) is 7.40. The van der Waals surface area contributed by atoms with Gasteiger partial charge in [-0.25, -0.2) is 4.99 Å². The molecule has 1 aliphatic heterocycles. The van der Waals surface area contributed by atoms with Gasteiger partial charge in [0.2, 0.25) is 0 Å². The van der Waals surface area contributed by atoms with Crippen molar-refractivity contribution in [1.29, 1.82) is 0 Å². The van der Waals surface area contributed by atoms with Gasteiger partial charge in [0.05, 0.1) is 5.70 Å². The van der Waals surface area contributed by atoms with E-state index in [-0.39, 0.29) is 0 Å². The quantitative estimate of drug-likeness (QED) is 0.522. The summed E-state index contributed by atoms with van der Waals surface area (Å²) in [6.45, 7) is 4.16. The third-order valence-corrected chi connectivity index (χ3v) is 1.23. The molecule has 1 aliphatic rings. The average Bonchev–Trinajstić information content (AvgIpc) is 2.12. The lowest BCUT2D eigenvalue weighted by molar-refractivity contribution is 0.757. The molecule has 0 atom stereocenters. The maximum atomic E-state index is 4.05. The molecule has 52 valence electrons. The second kappa shape index (κ2) is 3.14. The summed E-state index contributed by atoms with van der Waals surface area (Å²) in [4.78, 5) is 8.03. The van der Waals surface area contributed by atoms with Gasteiger partial charge in [-0.15, -0.1) is 0 Å². The zero-order valence-corrected chi connectivity index (χ0v) is 6.20. The van der Waals surface area contributed by atoms with Gasteiger partial charge in [0.1, 0.15) is 0 Å². The van der Waals surface area contributed by atoms with Crippen molar-refractivity contribution < 1.29 is 0 Å². The van der Waals surface area contributed by atoms with Crippen molar-refractivity contribution in [2.75, 3.05) is 0 Å². The maximum Gasteiger partial charge on any atom is 0.0711 e. The van der Waals surface area contributed by atoms with Gasteiger partial charge in [-0.3, -0.25) is 4.99 Å². The minimum absolute atomic E-state index is 0.427. The number of rotatable bonds is 1. The molecule has 0 radical (unpaired) electrons. The fourth-order valence-corrected chi connectivity index (χ4v) is 0.615. The van der Waals surface area contributed by atoms with E-state index in [0.29, 0.717) is 5.92 Å². The minimum Gasteiger partial charge on any atom is -0.262 e. The van der Waals surface area contributed by atoms with E-state index in [1.165, 1.54) is 0 Å². The molecule has 1 rings (SSSR count). The zero-order valence-electron chi connectivity index (χ0n) is 6.20. The highest BCUT2D eigenvalue weighted by Gasteiger charge is 1.99. The Kier molecular flexibility index (Phi) is 2.19. The number of nitrogens with zero attached hydrogens (tertiary/aromatic N) is 2. The van der Waals surface area contributed by atoms with Gasteiger partial charge in [-0.2, -0.15) is 0 Å². The highest BCUT2D eigenvalue weighted by Crippen LogP contribution is 2.10. The predicted molar refractivity (Wildman–Crippen MR) is 43.4 cm³/mol. The van der Waals surface area contributed by atoms with Crippen LogP contribution in [0.15, 0.2) is 28.0 Å². The van der Waals surface area contributed by atoms with E-state index in [1.54, 1.807) is 18.5 Å². The van der Waals surface area contributed by atoms with E-state index in [0.717, 1.165) is 5.70 Å². The molecular formula is C8H10N2. The number of hydrogen-bond donors (Lipinski definition) is 0. The molecule has 0 aromatic carbocycles. The third kappa shape index (κ3) is 1.67. The van der Waals surface area contributed by atoms with Gasteiger partial charge in [-0.05, 0) is 11.8 Å². The molecule has 0 fully saturated rings. The Bertz CT molecular complexity index is 228. The van der Waals surface area contributed by atoms with Crippen molar-refractivity contribution in [3.8, 4) is 0 Å². The van der Waals surface area contributed by atoms with Crippen LogP contribution in [0.2, 0.25) is 0 Å². The number of hydrogen-bond acceptors (Lipinski definition) is 2. The molecule has 1 heterocycles. The summed E-state index contributed by atoms with van der Waals surface area (Å²) in [6, 6.07) is 0. The number of allylic oxidation sites excluding steroid dienone is 2. The lowest BCUT2D eigenvalue weighted by atomic mass is 10.1. The average molecular weight is 134 g/mol. The largest absolute Gasteiger partial charge is 0.262 e. The SMILES string of the molecule is CC(C)C1=CN=CC=C=N1. The molecule has 2 heteroatoms. The van der Waals surface area contributed by atoms with Crippen LogP contribution in [0.3, 0.4) is 0 Å². The number of aliphatic imine (C=N–C) groups is 2. The molecule has 0 unspecified atom stereocenters. The predicted octanol–water partition coefficient (Wildman–Crippen LogP) is 1.79. The summed E-state index contributed by atoms with van der Waals surface area (Å²) in [5.41, 5.74) is 0.977. The van der Waals surface area contributed by atoms with Gasteiger partial charge in [0, 0.05) is 18.5 Å². The van der Waals surface area contributed by atoms with Crippen molar-refractivity contribution in [1.82, 2.24) is 0 Å². The van der Waals surface area contributed by atoms with Gasteiger partial charge in [0.25, 0.3) is 0 Å². The van der Waals surface area contributed by atoms with Crippen LogP contribution in [0.25, 0.3) is 0 Å². The van der Waals surface area contributed by atoms with Crippen LogP contribution in [0.1, 0.15) is 13.8 Å². The Morgan fingerprint density at radius 3 is 3.00 bits per heavy atom. The van der Waals surface area contributed by atoms with Crippen LogP contribution >= 0.6 is 0 Å². The van der Waals surface area contributed by atoms with E-state index in [1.807, 2.05) is 0 Å². The normalized spacial score (nSPS) is 15.7. The van der Waals surface area contributed by atoms with E-state index in [2.05, 4.69) is 29.7 Å². The summed E-state index contributed by atoms with van der Waals surface area (Å²) >= 11 is 0. The molecule has 0 aromatic rings. The molecule has 0 bridgehead atoms. The van der Waals surface area contributed by atoms with Crippen LogP contribution < -0.4 is 0 Å².